The Labute approximate surface area is 108 Å². The molecule has 0 atom stereocenters. The number of anilines is 1. The highest BCUT2D eigenvalue weighted by molar-refractivity contribution is 14.1. The number of rotatable bonds is 3. The van der Waals surface area contributed by atoms with E-state index in [1.165, 1.54) is 3.57 Å². The molecule has 2 rings (SSSR count). The van der Waals surface area contributed by atoms with Crippen molar-refractivity contribution in [3.8, 4) is 5.75 Å². The second-order valence-electron chi connectivity index (χ2n) is 3.46. The van der Waals surface area contributed by atoms with Crippen LogP contribution in [0.1, 0.15) is 5.56 Å². The summed E-state index contributed by atoms with van der Waals surface area (Å²) in [5, 5.41) is 12.9. The minimum Gasteiger partial charge on any atom is -0.508 e. The third-order valence-electron chi connectivity index (χ3n) is 2.33. The van der Waals surface area contributed by atoms with Crippen LogP contribution in [0.3, 0.4) is 0 Å². The average molecular weight is 325 g/mol. The van der Waals surface area contributed by atoms with Gasteiger partial charge in [-0.05, 0) is 40.8 Å². The van der Waals surface area contributed by atoms with Gasteiger partial charge in [0.15, 0.2) is 0 Å². The van der Waals surface area contributed by atoms with E-state index < -0.39 is 0 Å². The monoisotopic (exact) mass is 325 g/mol. The predicted octanol–water partition coefficient (Wildman–Crippen LogP) is 3.61. The second-order valence-corrected chi connectivity index (χ2v) is 4.62. The summed E-state index contributed by atoms with van der Waals surface area (Å²) in [5.41, 5.74) is 1.99. The lowest BCUT2D eigenvalue weighted by atomic mass is 10.2. The van der Waals surface area contributed by atoms with Crippen molar-refractivity contribution in [2.45, 2.75) is 6.54 Å². The van der Waals surface area contributed by atoms with Crippen LogP contribution in [0.15, 0.2) is 48.5 Å². The van der Waals surface area contributed by atoms with Crippen molar-refractivity contribution < 1.29 is 5.11 Å². The molecule has 0 bridgehead atoms. The average Bonchev–Trinajstić information content (AvgIpc) is 2.30. The number of hydrogen-bond acceptors (Lipinski definition) is 2. The van der Waals surface area contributed by atoms with E-state index in [1.54, 1.807) is 6.07 Å². The molecule has 0 aromatic heterocycles. The van der Waals surface area contributed by atoms with Gasteiger partial charge in [0.2, 0.25) is 0 Å². The molecule has 2 aromatic rings. The van der Waals surface area contributed by atoms with Gasteiger partial charge in [-0.1, -0.05) is 30.3 Å². The number of halogens is 1. The van der Waals surface area contributed by atoms with Crippen LogP contribution < -0.4 is 5.32 Å². The SMILES string of the molecule is Oc1ccccc1CNc1ccccc1I. The van der Waals surface area contributed by atoms with E-state index in [1.807, 2.05) is 42.5 Å². The van der Waals surface area contributed by atoms with Gasteiger partial charge in [0.1, 0.15) is 5.75 Å². The molecule has 0 aliphatic rings. The van der Waals surface area contributed by atoms with Crippen LogP contribution in [0.2, 0.25) is 0 Å². The number of nitrogens with one attached hydrogen (secondary N) is 1. The molecule has 3 heteroatoms. The molecule has 16 heavy (non-hydrogen) atoms. The third kappa shape index (κ3) is 2.66. The highest BCUT2D eigenvalue weighted by Crippen LogP contribution is 2.20. The maximum Gasteiger partial charge on any atom is 0.120 e. The van der Waals surface area contributed by atoms with Crippen LogP contribution in [0.5, 0.6) is 5.75 Å². The number of phenols is 1. The summed E-state index contributed by atoms with van der Waals surface area (Å²) in [6.07, 6.45) is 0. The zero-order valence-corrected chi connectivity index (χ0v) is 10.8. The molecule has 0 radical (unpaired) electrons. The Morgan fingerprint density at radius 2 is 1.69 bits per heavy atom. The molecule has 0 fully saturated rings. The topological polar surface area (TPSA) is 32.3 Å². The summed E-state index contributed by atoms with van der Waals surface area (Å²) in [7, 11) is 0. The standard InChI is InChI=1S/C13H12INO/c14-11-6-2-3-7-12(11)15-9-10-5-1-4-8-13(10)16/h1-8,15-16H,9H2. The summed E-state index contributed by atoms with van der Waals surface area (Å²) in [6, 6.07) is 15.4. The Balaban J connectivity index is 2.09. The molecule has 0 saturated carbocycles. The fraction of sp³-hybridized carbons (Fsp3) is 0.0769. The summed E-state index contributed by atoms with van der Waals surface area (Å²) in [5.74, 6) is 0.334. The summed E-state index contributed by atoms with van der Waals surface area (Å²) in [6.45, 7) is 0.632. The molecule has 0 spiro atoms. The quantitative estimate of drug-likeness (QED) is 0.845. The van der Waals surface area contributed by atoms with E-state index in [0.29, 0.717) is 12.3 Å². The van der Waals surface area contributed by atoms with E-state index in [0.717, 1.165) is 11.3 Å². The number of para-hydroxylation sites is 2. The first-order valence-corrected chi connectivity index (χ1v) is 6.10. The van der Waals surface area contributed by atoms with Gasteiger partial charge in [-0.3, -0.25) is 0 Å². The van der Waals surface area contributed by atoms with E-state index in [2.05, 4.69) is 27.9 Å². The van der Waals surface area contributed by atoms with E-state index in [-0.39, 0.29) is 0 Å². The molecular weight excluding hydrogens is 313 g/mol. The smallest absolute Gasteiger partial charge is 0.120 e. The highest BCUT2D eigenvalue weighted by atomic mass is 127. The molecule has 0 aliphatic heterocycles. The largest absolute Gasteiger partial charge is 0.508 e. The normalized spacial score (nSPS) is 10.1. The first kappa shape index (κ1) is 11.3. The molecule has 0 aliphatic carbocycles. The lowest BCUT2D eigenvalue weighted by Gasteiger charge is -2.09. The van der Waals surface area contributed by atoms with Gasteiger partial charge < -0.3 is 10.4 Å². The summed E-state index contributed by atoms with van der Waals surface area (Å²) in [4.78, 5) is 0. The summed E-state index contributed by atoms with van der Waals surface area (Å²) < 4.78 is 1.18. The zero-order chi connectivity index (χ0) is 11.4. The first-order chi connectivity index (χ1) is 7.77. The van der Waals surface area contributed by atoms with Gasteiger partial charge in [-0.25, -0.2) is 0 Å². The maximum atomic E-state index is 9.62. The minimum absolute atomic E-state index is 0.334. The van der Waals surface area contributed by atoms with Gasteiger partial charge >= 0.3 is 0 Å². The number of aromatic hydroxyl groups is 1. The number of phenolic OH excluding ortho intramolecular Hbond substituents is 1. The first-order valence-electron chi connectivity index (χ1n) is 5.02. The fourth-order valence-electron chi connectivity index (χ4n) is 1.46. The molecular formula is C13H12INO. The molecule has 2 aromatic carbocycles. The van der Waals surface area contributed by atoms with Gasteiger partial charge in [-0.2, -0.15) is 0 Å². The van der Waals surface area contributed by atoms with Crippen molar-refractivity contribution in [1.29, 1.82) is 0 Å². The Bertz CT molecular complexity index is 439. The minimum atomic E-state index is 0.334. The van der Waals surface area contributed by atoms with Crippen molar-refractivity contribution in [3.63, 3.8) is 0 Å². The fourth-order valence-corrected chi connectivity index (χ4v) is 2.03. The maximum absolute atomic E-state index is 9.62. The molecule has 0 unspecified atom stereocenters. The molecule has 0 saturated heterocycles. The Morgan fingerprint density at radius 1 is 1.00 bits per heavy atom. The van der Waals surface area contributed by atoms with Crippen molar-refractivity contribution in [3.05, 3.63) is 57.7 Å². The Hall–Kier alpha value is -1.23. The molecule has 0 heterocycles. The van der Waals surface area contributed by atoms with Crippen molar-refractivity contribution in [1.82, 2.24) is 0 Å². The third-order valence-corrected chi connectivity index (χ3v) is 3.28. The van der Waals surface area contributed by atoms with Crippen LogP contribution in [-0.4, -0.2) is 5.11 Å². The lowest BCUT2D eigenvalue weighted by Crippen LogP contribution is -2.00. The van der Waals surface area contributed by atoms with E-state index in [4.69, 9.17) is 0 Å². The highest BCUT2D eigenvalue weighted by Gasteiger charge is 2.01. The van der Waals surface area contributed by atoms with Crippen molar-refractivity contribution in [2.75, 3.05) is 5.32 Å². The summed E-state index contributed by atoms with van der Waals surface area (Å²) >= 11 is 2.29. The van der Waals surface area contributed by atoms with Crippen LogP contribution in [0.25, 0.3) is 0 Å². The Kier molecular flexibility index (Phi) is 3.66. The van der Waals surface area contributed by atoms with Gasteiger partial charge in [0, 0.05) is 21.4 Å². The predicted molar refractivity (Wildman–Crippen MR) is 74.6 cm³/mol. The van der Waals surface area contributed by atoms with Crippen LogP contribution in [0.4, 0.5) is 5.69 Å². The van der Waals surface area contributed by atoms with Gasteiger partial charge in [0.25, 0.3) is 0 Å². The second kappa shape index (κ2) is 5.21. The number of hydrogen-bond donors (Lipinski definition) is 2. The lowest BCUT2D eigenvalue weighted by molar-refractivity contribution is 0.469. The molecule has 0 amide bonds. The Morgan fingerprint density at radius 3 is 2.44 bits per heavy atom. The number of benzene rings is 2. The van der Waals surface area contributed by atoms with E-state index in [9.17, 15) is 5.11 Å². The molecule has 2 nitrogen and oxygen atoms in total. The van der Waals surface area contributed by atoms with Crippen molar-refractivity contribution >= 4 is 28.3 Å². The van der Waals surface area contributed by atoms with Gasteiger partial charge in [0.05, 0.1) is 0 Å². The molecule has 82 valence electrons. The van der Waals surface area contributed by atoms with Gasteiger partial charge in [-0.15, -0.1) is 0 Å². The zero-order valence-electron chi connectivity index (χ0n) is 8.65. The van der Waals surface area contributed by atoms with Crippen molar-refractivity contribution in [2.24, 2.45) is 0 Å². The molecule has 2 N–H and O–H groups in total. The van der Waals surface area contributed by atoms with Crippen LogP contribution >= 0.6 is 22.6 Å². The van der Waals surface area contributed by atoms with Crippen LogP contribution in [-0.2, 0) is 6.54 Å². The van der Waals surface area contributed by atoms with Crippen LogP contribution in [0, 0.1) is 3.57 Å². The van der Waals surface area contributed by atoms with E-state index >= 15 is 0 Å².